The molecule has 4 aromatic rings. The predicted molar refractivity (Wildman–Crippen MR) is 181 cm³/mol. The summed E-state index contributed by atoms with van der Waals surface area (Å²) in [6.45, 7) is 5.04. The number of benzene rings is 3. The van der Waals surface area contributed by atoms with Gasteiger partial charge in [0.1, 0.15) is 28.2 Å². The average molecular weight is 691 g/mol. The van der Waals surface area contributed by atoms with Gasteiger partial charge in [0.25, 0.3) is 5.91 Å². The third-order valence-electron chi connectivity index (χ3n) is 7.99. The van der Waals surface area contributed by atoms with Crippen LogP contribution in [0.2, 0.25) is 0 Å². The highest BCUT2D eigenvalue weighted by Gasteiger charge is 2.25. The molecule has 1 aromatic heterocycles. The maximum absolute atomic E-state index is 13.2. The van der Waals surface area contributed by atoms with Gasteiger partial charge in [-0.15, -0.1) is 0 Å². The lowest BCUT2D eigenvalue weighted by Crippen LogP contribution is -2.49. The maximum atomic E-state index is 13.2. The summed E-state index contributed by atoms with van der Waals surface area (Å²) in [5.74, 6) is 0.939. The lowest BCUT2D eigenvalue weighted by atomic mass is 10.1. The van der Waals surface area contributed by atoms with Crippen molar-refractivity contribution in [3.63, 3.8) is 0 Å². The van der Waals surface area contributed by atoms with E-state index in [9.17, 15) is 19.2 Å². The number of esters is 2. The first-order valence-corrected chi connectivity index (χ1v) is 15.6. The number of piperazine rings is 1. The molecule has 264 valence electrons. The third-order valence-corrected chi connectivity index (χ3v) is 7.99. The molecule has 14 nitrogen and oxygen atoms in total. The Bertz CT molecular complexity index is 1960. The van der Waals surface area contributed by atoms with E-state index in [1.165, 1.54) is 39.2 Å². The summed E-state index contributed by atoms with van der Waals surface area (Å²) in [7, 11) is 6.20. The molecule has 1 saturated heterocycles. The quantitative estimate of drug-likeness (QED) is 0.155. The topological polar surface area (TPSA) is 153 Å². The second-order valence-electron chi connectivity index (χ2n) is 11.3. The second-order valence-corrected chi connectivity index (χ2v) is 11.3. The molecule has 1 aliphatic heterocycles. The number of carbonyl (C=O) groups excluding carboxylic acids is 3. The Balaban J connectivity index is 1.29. The SMILES string of the molecule is COc1ccc(-c2cc(=O)c3c(OC(C)=O)cc(OC(C)=O)cc3o2)cc1OCC(=O)N1CCN(Cc2ccc(OC)c(OC)c2OC)CC1. The van der Waals surface area contributed by atoms with Gasteiger partial charge in [-0.2, -0.15) is 0 Å². The fourth-order valence-electron chi connectivity index (χ4n) is 5.69. The molecule has 1 amide bonds. The van der Waals surface area contributed by atoms with E-state index in [1.54, 1.807) is 44.4 Å². The Kier molecular flexibility index (Phi) is 11.1. The summed E-state index contributed by atoms with van der Waals surface area (Å²) in [6, 6.07) is 12.5. The molecule has 0 radical (unpaired) electrons. The fourth-order valence-corrected chi connectivity index (χ4v) is 5.69. The molecule has 0 bridgehead atoms. The highest BCUT2D eigenvalue weighted by atomic mass is 16.6. The lowest BCUT2D eigenvalue weighted by molar-refractivity contribution is -0.135. The molecule has 14 heteroatoms. The van der Waals surface area contributed by atoms with Crippen molar-refractivity contribution in [2.75, 3.05) is 61.2 Å². The first-order valence-electron chi connectivity index (χ1n) is 15.6. The standard InChI is InChI=1S/C36H38N2O12/c1-21(39)48-25-16-31(49-22(2)40)34-26(41)18-29(50-32(34)17-25)23-7-9-27(43-3)30(15-23)47-20-33(42)38-13-11-37(12-14-38)19-24-8-10-28(44-4)36(46-6)35(24)45-5/h7-10,15-18H,11-14,19-20H2,1-6H3. The first kappa shape index (κ1) is 35.5. The minimum absolute atomic E-state index is 0.00149. The smallest absolute Gasteiger partial charge is 0.308 e. The van der Waals surface area contributed by atoms with Gasteiger partial charge >= 0.3 is 11.9 Å². The number of hydrogen-bond acceptors (Lipinski definition) is 13. The molecule has 0 unspecified atom stereocenters. The molecule has 0 N–H and O–H groups in total. The van der Waals surface area contributed by atoms with E-state index in [0.717, 1.165) is 5.56 Å². The Morgan fingerprint density at radius 2 is 1.40 bits per heavy atom. The van der Waals surface area contributed by atoms with Crippen LogP contribution in [0.25, 0.3) is 22.3 Å². The van der Waals surface area contributed by atoms with E-state index in [0.29, 0.717) is 61.3 Å². The van der Waals surface area contributed by atoms with Crippen LogP contribution in [0.4, 0.5) is 0 Å². The van der Waals surface area contributed by atoms with Crippen molar-refractivity contribution in [1.82, 2.24) is 9.80 Å². The summed E-state index contributed by atoms with van der Waals surface area (Å²) in [5.41, 5.74) is 0.916. The second kappa shape index (κ2) is 15.6. The zero-order valence-electron chi connectivity index (χ0n) is 28.7. The van der Waals surface area contributed by atoms with Crippen LogP contribution in [0, 0.1) is 0 Å². The summed E-state index contributed by atoms with van der Waals surface area (Å²) in [6.07, 6.45) is 0. The third kappa shape index (κ3) is 7.92. The molecule has 1 fully saturated rings. The number of amides is 1. The summed E-state index contributed by atoms with van der Waals surface area (Å²) in [5, 5.41) is -0.00149. The van der Waals surface area contributed by atoms with Crippen molar-refractivity contribution in [1.29, 1.82) is 0 Å². The van der Waals surface area contributed by atoms with Crippen molar-refractivity contribution in [2.45, 2.75) is 20.4 Å². The summed E-state index contributed by atoms with van der Waals surface area (Å²) >= 11 is 0. The lowest BCUT2D eigenvalue weighted by Gasteiger charge is -2.35. The van der Waals surface area contributed by atoms with Crippen molar-refractivity contribution in [2.24, 2.45) is 0 Å². The van der Waals surface area contributed by atoms with Gasteiger partial charge in [0.15, 0.2) is 35.0 Å². The van der Waals surface area contributed by atoms with Gasteiger partial charge in [-0.05, 0) is 24.3 Å². The zero-order valence-corrected chi connectivity index (χ0v) is 28.7. The van der Waals surface area contributed by atoms with E-state index in [4.69, 9.17) is 37.6 Å². The number of ether oxygens (including phenoxy) is 7. The van der Waals surface area contributed by atoms with E-state index in [2.05, 4.69) is 4.90 Å². The van der Waals surface area contributed by atoms with Crippen LogP contribution in [0.5, 0.6) is 40.2 Å². The van der Waals surface area contributed by atoms with Crippen LogP contribution in [-0.4, -0.2) is 88.9 Å². The molecular formula is C36H38N2O12. The number of hydrogen-bond donors (Lipinski definition) is 0. The highest BCUT2D eigenvalue weighted by molar-refractivity contribution is 5.89. The van der Waals surface area contributed by atoms with Crippen LogP contribution in [0.3, 0.4) is 0 Å². The number of nitrogens with zero attached hydrogens (tertiary/aromatic N) is 2. The van der Waals surface area contributed by atoms with Gasteiger partial charge < -0.3 is 42.5 Å². The van der Waals surface area contributed by atoms with Gasteiger partial charge in [-0.1, -0.05) is 6.07 Å². The molecule has 3 aromatic carbocycles. The average Bonchev–Trinajstić information content (AvgIpc) is 3.09. The van der Waals surface area contributed by atoms with E-state index < -0.39 is 17.4 Å². The minimum atomic E-state index is -0.668. The van der Waals surface area contributed by atoms with Gasteiger partial charge in [-0.3, -0.25) is 24.1 Å². The van der Waals surface area contributed by atoms with Crippen LogP contribution >= 0.6 is 0 Å². The Labute approximate surface area is 287 Å². The number of methoxy groups -OCH3 is 4. The van der Waals surface area contributed by atoms with Crippen LogP contribution in [-0.2, 0) is 20.9 Å². The zero-order chi connectivity index (χ0) is 35.9. The van der Waals surface area contributed by atoms with E-state index in [1.807, 2.05) is 12.1 Å². The van der Waals surface area contributed by atoms with Crippen LogP contribution in [0.15, 0.2) is 57.7 Å². The number of fused-ring (bicyclic) bond motifs is 1. The highest BCUT2D eigenvalue weighted by Crippen LogP contribution is 2.40. The Morgan fingerprint density at radius 3 is 2.04 bits per heavy atom. The van der Waals surface area contributed by atoms with Gasteiger partial charge in [0.05, 0.1) is 28.4 Å². The Hall–Kier alpha value is -5.76. The number of rotatable bonds is 12. The van der Waals surface area contributed by atoms with Crippen molar-refractivity contribution < 1.29 is 52.0 Å². The summed E-state index contributed by atoms with van der Waals surface area (Å²) < 4.78 is 44.3. The molecule has 5 rings (SSSR count). The molecule has 0 aliphatic carbocycles. The number of carbonyl (C=O) groups is 3. The maximum Gasteiger partial charge on any atom is 0.308 e. The minimum Gasteiger partial charge on any atom is -0.493 e. The van der Waals surface area contributed by atoms with Crippen LogP contribution in [0.1, 0.15) is 19.4 Å². The molecular weight excluding hydrogens is 652 g/mol. The van der Waals surface area contributed by atoms with Gasteiger partial charge in [-0.25, -0.2) is 0 Å². The molecule has 0 spiro atoms. The normalized spacial score (nSPS) is 13.0. The van der Waals surface area contributed by atoms with E-state index >= 15 is 0 Å². The van der Waals surface area contributed by atoms with Crippen LogP contribution < -0.4 is 38.6 Å². The molecule has 0 saturated carbocycles. The van der Waals surface area contributed by atoms with Crippen molar-refractivity contribution in [3.05, 3.63) is 64.3 Å². The van der Waals surface area contributed by atoms with Gasteiger partial charge in [0.2, 0.25) is 5.75 Å². The molecule has 2 heterocycles. The van der Waals surface area contributed by atoms with E-state index in [-0.39, 0.29) is 46.5 Å². The fraction of sp³-hybridized carbons (Fsp3) is 0.333. The van der Waals surface area contributed by atoms with Gasteiger partial charge in [0, 0.05) is 75.9 Å². The van der Waals surface area contributed by atoms with Crippen molar-refractivity contribution in [3.8, 4) is 51.6 Å². The molecule has 50 heavy (non-hydrogen) atoms. The first-order chi connectivity index (χ1) is 24.0. The van der Waals surface area contributed by atoms with Crippen molar-refractivity contribution >= 4 is 28.8 Å². The Morgan fingerprint density at radius 1 is 0.720 bits per heavy atom. The summed E-state index contributed by atoms with van der Waals surface area (Å²) in [4.78, 5) is 53.7. The molecule has 1 aliphatic rings. The predicted octanol–water partition coefficient (Wildman–Crippen LogP) is 4.07. The monoisotopic (exact) mass is 690 g/mol. The molecule has 0 atom stereocenters. The largest absolute Gasteiger partial charge is 0.493 e.